The third-order valence-electron chi connectivity index (χ3n) is 2.84. The molecule has 0 fully saturated rings. The summed E-state index contributed by atoms with van der Waals surface area (Å²) in [5, 5.41) is 5.40. The van der Waals surface area contributed by atoms with Crippen molar-refractivity contribution in [3.8, 4) is 5.75 Å². The first-order valence-corrected chi connectivity index (χ1v) is 6.73. The standard InChI is InChI=1S/C13H14BrN3O/c14-10-8-11(17-6-2-1-5-16-17)13-12(9-10)18-7-3-4-15-13/h1-2,5-6,8-9,15-16H,3-4,7H2. The van der Waals surface area contributed by atoms with Crippen molar-refractivity contribution in [3.05, 3.63) is 41.2 Å². The van der Waals surface area contributed by atoms with Gasteiger partial charge in [0.2, 0.25) is 0 Å². The van der Waals surface area contributed by atoms with Gasteiger partial charge >= 0.3 is 0 Å². The van der Waals surface area contributed by atoms with Gasteiger partial charge < -0.3 is 15.5 Å². The zero-order chi connectivity index (χ0) is 12.4. The third-order valence-corrected chi connectivity index (χ3v) is 3.30. The SMILES string of the molecule is Brc1cc2c(c(N3C=CC=CN3)c1)NCCCO2. The van der Waals surface area contributed by atoms with Crippen molar-refractivity contribution in [2.24, 2.45) is 0 Å². The van der Waals surface area contributed by atoms with Gasteiger partial charge in [-0.1, -0.05) is 15.9 Å². The molecule has 2 aliphatic rings. The first-order valence-electron chi connectivity index (χ1n) is 5.93. The molecule has 94 valence electrons. The molecule has 2 aliphatic heterocycles. The van der Waals surface area contributed by atoms with E-state index in [0.29, 0.717) is 0 Å². The van der Waals surface area contributed by atoms with Crippen LogP contribution in [0.25, 0.3) is 0 Å². The topological polar surface area (TPSA) is 36.5 Å². The van der Waals surface area contributed by atoms with Crippen LogP contribution in [0, 0.1) is 0 Å². The summed E-state index contributed by atoms with van der Waals surface area (Å²) in [4.78, 5) is 0. The Kier molecular flexibility index (Phi) is 3.15. The second-order valence-corrected chi connectivity index (χ2v) is 5.04. The molecule has 0 aliphatic carbocycles. The number of anilines is 2. The van der Waals surface area contributed by atoms with Gasteiger partial charge in [-0.15, -0.1) is 0 Å². The Hall–Kier alpha value is -1.62. The maximum Gasteiger partial charge on any atom is 0.145 e. The minimum atomic E-state index is 0.749. The summed E-state index contributed by atoms with van der Waals surface area (Å²) >= 11 is 3.53. The van der Waals surface area contributed by atoms with E-state index >= 15 is 0 Å². The number of hydrogen-bond acceptors (Lipinski definition) is 4. The van der Waals surface area contributed by atoms with Gasteiger partial charge in [0.25, 0.3) is 0 Å². The minimum Gasteiger partial charge on any atom is -0.491 e. The third kappa shape index (κ3) is 2.18. The fourth-order valence-corrected chi connectivity index (χ4v) is 2.45. The summed E-state index contributed by atoms with van der Waals surface area (Å²) in [5.74, 6) is 0.890. The molecule has 0 spiro atoms. The molecule has 0 bridgehead atoms. The van der Waals surface area contributed by atoms with Crippen LogP contribution < -0.4 is 20.5 Å². The minimum absolute atomic E-state index is 0.749. The number of hydrazine groups is 1. The van der Waals surface area contributed by atoms with E-state index in [1.165, 1.54) is 0 Å². The van der Waals surface area contributed by atoms with Gasteiger partial charge in [0.15, 0.2) is 0 Å². The van der Waals surface area contributed by atoms with Crippen molar-refractivity contribution in [2.45, 2.75) is 6.42 Å². The molecule has 1 aromatic rings. The van der Waals surface area contributed by atoms with Gasteiger partial charge in [-0.25, -0.2) is 0 Å². The first kappa shape index (κ1) is 11.5. The molecule has 0 amide bonds. The molecule has 4 nitrogen and oxygen atoms in total. The van der Waals surface area contributed by atoms with Crippen molar-refractivity contribution < 1.29 is 4.74 Å². The number of halogens is 1. The number of allylic oxidation sites excluding steroid dienone is 2. The molecule has 0 aromatic heterocycles. The molecular weight excluding hydrogens is 294 g/mol. The van der Waals surface area contributed by atoms with E-state index in [1.54, 1.807) is 0 Å². The lowest BCUT2D eigenvalue weighted by Crippen LogP contribution is -2.30. The molecular formula is C13H14BrN3O. The van der Waals surface area contributed by atoms with Gasteiger partial charge in [0, 0.05) is 23.4 Å². The largest absolute Gasteiger partial charge is 0.491 e. The van der Waals surface area contributed by atoms with Crippen molar-refractivity contribution >= 4 is 27.3 Å². The maximum absolute atomic E-state index is 5.77. The van der Waals surface area contributed by atoms with Crippen LogP contribution in [0.15, 0.2) is 41.2 Å². The molecule has 0 atom stereocenters. The van der Waals surface area contributed by atoms with E-state index in [4.69, 9.17) is 4.74 Å². The lowest BCUT2D eigenvalue weighted by atomic mass is 10.2. The van der Waals surface area contributed by atoms with Gasteiger partial charge in [-0.2, -0.15) is 0 Å². The molecule has 1 aromatic carbocycles. The van der Waals surface area contributed by atoms with Crippen LogP contribution >= 0.6 is 15.9 Å². The van der Waals surface area contributed by atoms with Crippen LogP contribution in [-0.4, -0.2) is 13.2 Å². The Labute approximate surface area is 114 Å². The van der Waals surface area contributed by atoms with Crippen LogP contribution in [0.2, 0.25) is 0 Å². The average Bonchev–Trinajstić information content (AvgIpc) is 2.64. The van der Waals surface area contributed by atoms with Crippen LogP contribution in [0.1, 0.15) is 6.42 Å². The molecule has 18 heavy (non-hydrogen) atoms. The summed E-state index contributed by atoms with van der Waals surface area (Å²) < 4.78 is 6.78. The number of ether oxygens (including phenoxy) is 1. The van der Waals surface area contributed by atoms with Crippen LogP contribution in [0.5, 0.6) is 5.75 Å². The fraction of sp³-hybridized carbons (Fsp3) is 0.231. The predicted octanol–water partition coefficient (Wildman–Crippen LogP) is 3.00. The molecule has 3 rings (SSSR count). The predicted molar refractivity (Wildman–Crippen MR) is 76.6 cm³/mol. The van der Waals surface area contributed by atoms with Crippen LogP contribution in [0.3, 0.4) is 0 Å². The first-order chi connectivity index (χ1) is 8.84. The number of benzene rings is 1. The zero-order valence-corrected chi connectivity index (χ0v) is 11.4. The van der Waals surface area contributed by atoms with E-state index in [1.807, 2.05) is 35.6 Å². The summed E-state index contributed by atoms with van der Waals surface area (Å²) in [6, 6.07) is 4.07. The molecule has 0 saturated heterocycles. The number of fused-ring (bicyclic) bond motifs is 1. The van der Waals surface area contributed by atoms with Crippen molar-refractivity contribution in [3.63, 3.8) is 0 Å². The van der Waals surface area contributed by atoms with Gasteiger partial charge in [-0.3, -0.25) is 5.01 Å². The number of nitrogens with one attached hydrogen (secondary N) is 2. The Bertz CT molecular complexity index is 513. The molecule has 2 N–H and O–H groups in total. The summed E-state index contributed by atoms with van der Waals surface area (Å²) in [6.07, 6.45) is 8.83. The maximum atomic E-state index is 5.77. The monoisotopic (exact) mass is 307 g/mol. The smallest absolute Gasteiger partial charge is 0.145 e. The number of rotatable bonds is 1. The highest BCUT2D eigenvalue weighted by molar-refractivity contribution is 9.10. The van der Waals surface area contributed by atoms with Crippen molar-refractivity contribution in [2.75, 3.05) is 23.5 Å². The van der Waals surface area contributed by atoms with Crippen molar-refractivity contribution in [1.29, 1.82) is 0 Å². The van der Waals surface area contributed by atoms with E-state index in [2.05, 4.69) is 32.7 Å². The van der Waals surface area contributed by atoms with Crippen LogP contribution in [0.4, 0.5) is 11.4 Å². The van der Waals surface area contributed by atoms with E-state index < -0.39 is 0 Å². The Morgan fingerprint density at radius 1 is 1.28 bits per heavy atom. The van der Waals surface area contributed by atoms with E-state index in [0.717, 1.165) is 41.2 Å². The Morgan fingerprint density at radius 3 is 3.06 bits per heavy atom. The Morgan fingerprint density at radius 2 is 2.22 bits per heavy atom. The number of hydrogen-bond donors (Lipinski definition) is 2. The summed E-state index contributed by atoms with van der Waals surface area (Å²) in [7, 11) is 0. The zero-order valence-electron chi connectivity index (χ0n) is 9.82. The summed E-state index contributed by atoms with van der Waals surface area (Å²) in [6.45, 7) is 1.67. The van der Waals surface area contributed by atoms with Crippen LogP contribution in [-0.2, 0) is 0 Å². The number of nitrogens with zero attached hydrogens (tertiary/aromatic N) is 1. The second kappa shape index (κ2) is 4.94. The Balaban J connectivity index is 2.04. The molecule has 5 heteroatoms. The fourth-order valence-electron chi connectivity index (χ4n) is 2.02. The summed E-state index contributed by atoms with van der Waals surface area (Å²) in [5.41, 5.74) is 5.26. The highest BCUT2D eigenvalue weighted by Crippen LogP contribution is 2.39. The molecule has 2 heterocycles. The van der Waals surface area contributed by atoms with Gasteiger partial charge in [-0.05, 0) is 30.7 Å². The molecule has 0 saturated carbocycles. The van der Waals surface area contributed by atoms with E-state index in [9.17, 15) is 0 Å². The van der Waals surface area contributed by atoms with Gasteiger partial charge in [0.1, 0.15) is 11.4 Å². The average molecular weight is 308 g/mol. The molecule has 0 radical (unpaired) electrons. The lowest BCUT2D eigenvalue weighted by molar-refractivity contribution is 0.323. The highest BCUT2D eigenvalue weighted by atomic mass is 79.9. The highest BCUT2D eigenvalue weighted by Gasteiger charge is 2.17. The van der Waals surface area contributed by atoms with E-state index in [-0.39, 0.29) is 0 Å². The van der Waals surface area contributed by atoms with Crippen molar-refractivity contribution in [1.82, 2.24) is 5.43 Å². The molecule has 0 unspecified atom stereocenters. The van der Waals surface area contributed by atoms with Gasteiger partial charge in [0.05, 0.1) is 12.3 Å². The lowest BCUT2D eigenvalue weighted by Gasteiger charge is -2.25. The second-order valence-electron chi connectivity index (χ2n) is 4.13. The quantitative estimate of drug-likeness (QED) is 0.836. The normalized spacial score (nSPS) is 17.3.